The Labute approximate surface area is 315 Å². The van der Waals surface area contributed by atoms with Crippen LogP contribution in [-0.2, 0) is 16.8 Å². The van der Waals surface area contributed by atoms with Gasteiger partial charge < -0.3 is 30.4 Å². The molecular formula is C44H31CoN4O4-. The maximum absolute atomic E-state index is 10.1. The van der Waals surface area contributed by atoms with Crippen molar-refractivity contribution < 1.29 is 37.2 Å². The van der Waals surface area contributed by atoms with Gasteiger partial charge in [0.2, 0.25) is 0 Å². The second-order valence-corrected chi connectivity index (χ2v) is 12.3. The van der Waals surface area contributed by atoms with E-state index < -0.39 is 0 Å². The number of aromatic hydroxyl groups is 4. The largest absolute Gasteiger partial charge is 0.533 e. The number of fused-ring (bicyclic) bond motifs is 8. The summed E-state index contributed by atoms with van der Waals surface area (Å²) in [5, 5.41) is 38.7. The van der Waals surface area contributed by atoms with Gasteiger partial charge in [-0.15, -0.1) is 12.1 Å². The van der Waals surface area contributed by atoms with Crippen LogP contribution in [0.2, 0.25) is 0 Å². The van der Waals surface area contributed by atoms with Crippen molar-refractivity contribution in [1.82, 2.24) is 19.9 Å². The third kappa shape index (κ3) is 7.34. The van der Waals surface area contributed by atoms with E-state index in [0.717, 1.165) is 78.2 Å². The summed E-state index contributed by atoms with van der Waals surface area (Å²) >= 11 is 0. The number of H-pyrrole nitrogens is 2. The predicted octanol–water partition coefficient (Wildman–Crippen LogP) is 9.96. The average Bonchev–Trinajstić information content (AvgIpc) is 3.99. The number of phenolic OH excluding ortho intramolecular Hbond substituents is 4. The zero-order chi connectivity index (χ0) is 35.6. The molecule has 3 aromatic heterocycles. The number of hydrogen-bond acceptors (Lipinski definition) is 6. The number of aromatic amines is 2. The number of phenols is 4. The first-order chi connectivity index (χ1) is 25.4. The quantitative estimate of drug-likeness (QED) is 0.0999. The molecule has 0 aliphatic carbocycles. The van der Waals surface area contributed by atoms with Crippen LogP contribution in [0.15, 0.2) is 127 Å². The van der Waals surface area contributed by atoms with Gasteiger partial charge in [-0.3, -0.25) is 0 Å². The van der Waals surface area contributed by atoms with Gasteiger partial charge in [-0.1, -0.05) is 36.4 Å². The normalized spacial score (nSPS) is 11.4. The Balaban J connectivity index is 0.000000491. The Morgan fingerprint density at radius 2 is 0.811 bits per heavy atom. The Bertz CT molecular complexity index is 2600. The fourth-order valence-electron chi connectivity index (χ4n) is 6.31. The minimum absolute atomic E-state index is 0. The third-order valence-corrected chi connectivity index (χ3v) is 8.74. The number of aromatic nitrogens is 4. The molecule has 8 nitrogen and oxygen atoms in total. The van der Waals surface area contributed by atoms with Gasteiger partial charge in [0.1, 0.15) is 17.2 Å². The van der Waals surface area contributed by atoms with Crippen LogP contribution in [0.4, 0.5) is 0 Å². The van der Waals surface area contributed by atoms with Crippen molar-refractivity contribution in [1.29, 1.82) is 0 Å². The van der Waals surface area contributed by atoms with Crippen molar-refractivity contribution >= 4 is 46.4 Å². The van der Waals surface area contributed by atoms with Gasteiger partial charge in [-0.25, -0.2) is 9.97 Å². The molecule has 53 heavy (non-hydrogen) atoms. The number of nitrogens with one attached hydrogen (secondary N) is 2. The number of benzene rings is 4. The summed E-state index contributed by atoms with van der Waals surface area (Å²) in [4.78, 5) is 17.3. The van der Waals surface area contributed by atoms with Gasteiger partial charge in [0.25, 0.3) is 0 Å². The van der Waals surface area contributed by atoms with E-state index in [1.165, 1.54) is 0 Å². The van der Waals surface area contributed by atoms with E-state index in [0.29, 0.717) is 5.75 Å². The van der Waals surface area contributed by atoms with Crippen molar-refractivity contribution in [2.75, 3.05) is 0 Å². The first-order valence-corrected chi connectivity index (χ1v) is 16.5. The molecule has 261 valence electrons. The molecule has 0 amide bonds. The molecule has 0 fully saturated rings. The molecule has 0 atom stereocenters. The Morgan fingerprint density at radius 3 is 1.26 bits per heavy atom. The monoisotopic (exact) mass is 738 g/mol. The predicted molar refractivity (Wildman–Crippen MR) is 207 cm³/mol. The summed E-state index contributed by atoms with van der Waals surface area (Å²) in [6.07, 6.45) is 7.99. The maximum Gasteiger partial charge on any atom is 0.115 e. The molecule has 0 saturated carbocycles. The average molecular weight is 739 g/mol. The SMILES string of the molecule is Oc1cc[c-]cc1.Oc1ccc(-c2c3nc(c(-c4ccc(O)cc4)c4ccc([nH]4)c(-c4ccc(O)cc4)c4nc(cc5ccc2[nH]5)C=C4)C=C3)cc1.[Co]. The number of nitrogens with zero attached hydrogens (tertiary/aromatic N) is 2. The van der Waals surface area contributed by atoms with Gasteiger partial charge in [0.15, 0.2) is 0 Å². The van der Waals surface area contributed by atoms with Gasteiger partial charge >= 0.3 is 0 Å². The Kier molecular flexibility index (Phi) is 9.67. The Hall–Kier alpha value is -6.81. The van der Waals surface area contributed by atoms with Gasteiger partial charge in [-0.2, -0.15) is 18.2 Å². The van der Waals surface area contributed by atoms with E-state index in [9.17, 15) is 15.3 Å². The molecule has 0 saturated heterocycles. The van der Waals surface area contributed by atoms with E-state index in [-0.39, 0.29) is 34.0 Å². The molecule has 5 heterocycles. The van der Waals surface area contributed by atoms with Crippen molar-refractivity contribution in [3.63, 3.8) is 0 Å². The molecule has 0 spiro atoms. The summed E-state index contributed by atoms with van der Waals surface area (Å²) in [6.45, 7) is 0. The molecular weight excluding hydrogens is 707 g/mol. The summed E-state index contributed by atoms with van der Waals surface area (Å²) in [6, 6.07) is 40.7. The minimum Gasteiger partial charge on any atom is -0.533 e. The van der Waals surface area contributed by atoms with Gasteiger partial charge in [0, 0.05) is 61.3 Å². The molecule has 8 bridgehead atoms. The zero-order valence-electron chi connectivity index (χ0n) is 28.0. The molecule has 0 unspecified atom stereocenters. The molecule has 2 aliphatic heterocycles. The maximum atomic E-state index is 10.1. The zero-order valence-corrected chi connectivity index (χ0v) is 29.0. The van der Waals surface area contributed by atoms with Crippen molar-refractivity contribution in [3.05, 3.63) is 156 Å². The molecule has 6 N–H and O–H groups in total. The second-order valence-electron chi connectivity index (χ2n) is 12.3. The summed E-state index contributed by atoms with van der Waals surface area (Å²) in [5.74, 6) is 0.852. The first-order valence-electron chi connectivity index (χ1n) is 16.5. The van der Waals surface area contributed by atoms with Crippen LogP contribution in [-0.4, -0.2) is 40.4 Å². The summed E-state index contributed by atoms with van der Waals surface area (Å²) < 4.78 is 0. The molecule has 9 heteroatoms. The van der Waals surface area contributed by atoms with Crippen molar-refractivity contribution in [3.8, 4) is 56.4 Å². The molecule has 1 radical (unpaired) electrons. The first kappa shape index (κ1) is 34.6. The van der Waals surface area contributed by atoms with Gasteiger partial charge in [-0.05, 0) is 108 Å². The van der Waals surface area contributed by atoms with Crippen molar-refractivity contribution in [2.45, 2.75) is 0 Å². The van der Waals surface area contributed by atoms with Crippen molar-refractivity contribution in [2.24, 2.45) is 0 Å². The summed E-state index contributed by atoms with van der Waals surface area (Å²) in [7, 11) is 0. The van der Waals surface area contributed by atoms with E-state index in [2.05, 4.69) is 16.0 Å². The Morgan fingerprint density at radius 1 is 0.415 bits per heavy atom. The van der Waals surface area contributed by atoms with Crippen LogP contribution in [0.25, 0.3) is 79.8 Å². The van der Waals surface area contributed by atoms with Crippen LogP contribution >= 0.6 is 0 Å². The number of hydrogen-bond donors (Lipinski definition) is 6. The standard InChI is InChI=1S/C38H26N4O3.C6H5O.Co/c43-27-9-1-22(2-10-27)36-30-15-7-25(39-30)21-26-8-16-31(40-26)37(23-3-11-28(44)12-4-23)33-18-20-35(42-33)38(34-19-17-32(36)41-34)24-5-13-29(45)14-6-24;7-6-4-2-1-3-5-6;/h1-21,39,42-45H;2-5,7H;/q;-1;. The van der Waals surface area contributed by atoms with Gasteiger partial charge in [0.05, 0.1) is 22.8 Å². The molecule has 4 aromatic carbocycles. The van der Waals surface area contributed by atoms with E-state index >= 15 is 0 Å². The van der Waals surface area contributed by atoms with E-state index in [1.807, 2.05) is 91.0 Å². The van der Waals surface area contributed by atoms with Crippen LogP contribution in [0.3, 0.4) is 0 Å². The molecule has 7 aromatic rings. The van der Waals surface area contributed by atoms with E-state index in [4.69, 9.17) is 15.1 Å². The van der Waals surface area contributed by atoms with Crippen LogP contribution in [0.5, 0.6) is 23.0 Å². The van der Waals surface area contributed by atoms with Crippen LogP contribution in [0.1, 0.15) is 22.8 Å². The third-order valence-electron chi connectivity index (χ3n) is 8.74. The summed E-state index contributed by atoms with van der Waals surface area (Å²) in [5.41, 5.74) is 11.9. The number of rotatable bonds is 3. The minimum atomic E-state index is 0. The second kappa shape index (κ2) is 14.8. The van der Waals surface area contributed by atoms with Crippen LogP contribution in [0, 0.1) is 6.07 Å². The fraction of sp³-hybridized carbons (Fsp3) is 0. The molecule has 2 aliphatic rings. The topological polar surface area (TPSA) is 138 Å². The smallest absolute Gasteiger partial charge is 0.115 e. The van der Waals surface area contributed by atoms with E-state index in [1.54, 1.807) is 60.7 Å². The fourth-order valence-corrected chi connectivity index (χ4v) is 6.31. The van der Waals surface area contributed by atoms with Crippen LogP contribution < -0.4 is 0 Å². The molecule has 9 rings (SSSR count).